The maximum atomic E-state index is 13.0. The molecular weight excluding hydrogens is 338 g/mol. The number of rotatable bonds is 7. The molecule has 136 valence electrons. The van der Waals surface area contributed by atoms with E-state index in [2.05, 4.69) is 10.1 Å². The molecule has 0 bridgehead atoms. The standard InChI is InChI=1S/C15H18F6N2O/c16-13(17)9-12(23-6-4-22-5-7-23)10-2-1-3-11(8-10)24-15(20,21)14(18)19/h1-3,8,12-14,22H,4-7,9H2/t12-/m1/s1. The molecule has 0 radical (unpaired) electrons. The normalized spacial score (nSPS) is 18.2. The summed E-state index contributed by atoms with van der Waals surface area (Å²) in [5.41, 5.74) is 0.333. The van der Waals surface area contributed by atoms with Crippen LogP contribution in [0.4, 0.5) is 26.3 Å². The number of piperazine rings is 1. The molecule has 0 spiro atoms. The molecule has 0 aliphatic carbocycles. The van der Waals surface area contributed by atoms with Crippen molar-refractivity contribution in [1.29, 1.82) is 0 Å². The molecule has 1 aromatic rings. The molecule has 1 atom stereocenters. The lowest BCUT2D eigenvalue weighted by atomic mass is 10.0. The van der Waals surface area contributed by atoms with Crippen LogP contribution < -0.4 is 10.1 Å². The van der Waals surface area contributed by atoms with E-state index in [4.69, 9.17) is 0 Å². The summed E-state index contributed by atoms with van der Waals surface area (Å²) in [6.07, 6.45) is -11.7. The van der Waals surface area contributed by atoms with Gasteiger partial charge in [0.2, 0.25) is 6.43 Å². The van der Waals surface area contributed by atoms with E-state index in [1.165, 1.54) is 12.1 Å². The topological polar surface area (TPSA) is 24.5 Å². The van der Waals surface area contributed by atoms with Gasteiger partial charge in [-0.15, -0.1) is 0 Å². The first kappa shape index (κ1) is 18.9. The van der Waals surface area contributed by atoms with Gasteiger partial charge in [-0.3, -0.25) is 4.90 Å². The molecule has 1 N–H and O–H groups in total. The van der Waals surface area contributed by atoms with Gasteiger partial charge in [-0.1, -0.05) is 12.1 Å². The van der Waals surface area contributed by atoms with Crippen molar-refractivity contribution in [2.45, 2.75) is 31.4 Å². The average Bonchev–Trinajstić information content (AvgIpc) is 2.53. The maximum absolute atomic E-state index is 13.0. The van der Waals surface area contributed by atoms with Crippen LogP contribution in [0.1, 0.15) is 18.0 Å². The van der Waals surface area contributed by atoms with Gasteiger partial charge >= 0.3 is 12.5 Å². The zero-order valence-corrected chi connectivity index (χ0v) is 12.7. The highest BCUT2D eigenvalue weighted by Crippen LogP contribution is 2.32. The van der Waals surface area contributed by atoms with Crippen molar-refractivity contribution in [2.24, 2.45) is 0 Å². The number of hydrogen-bond donors (Lipinski definition) is 1. The predicted octanol–water partition coefficient (Wildman–Crippen LogP) is 3.52. The van der Waals surface area contributed by atoms with Crippen LogP contribution in [-0.2, 0) is 0 Å². The average molecular weight is 356 g/mol. The van der Waals surface area contributed by atoms with Gasteiger partial charge in [-0.2, -0.15) is 17.6 Å². The van der Waals surface area contributed by atoms with Crippen molar-refractivity contribution in [1.82, 2.24) is 10.2 Å². The van der Waals surface area contributed by atoms with Gasteiger partial charge in [0, 0.05) is 38.6 Å². The van der Waals surface area contributed by atoms with Crippen LogP contribution in [0.5, 0.6) is 5.75 Å². The van der Waals surface area contributed by atoms with E-state index in [1.807, 2.05) is 4.90 Å². The Morgan fingerprint density at radius 2 is 1.79 bits per heavy atom. The van der Waals surface area contributed by atoms with Gasteiger partial charge in [-0.25, -0.2) is 8.78 Å². The first-order valence-corrected chi connectivity index (χ1v) is 7.47. The van der Waals surface area contributed by atoms with E-state index < -0.39 is 37.2 Å². The highest BCUT2D eigenvalue weighted by atomic mass is 19.3. The minimum Gasteiger partial charge on any atom is -0.428 e. The number of nitrogens with one attached hydrogen (secondary N) is 1. The second-order valence-corrected chi connectivity index (χ2v) is 5.47. The molecule has 9 heteroatoms. The minimum atomic E-state index is -4.63. The number of benzene rings is 1. The molecule has 1 saturated heterocycles. The molecule has 1 aliphatic heterocycles. The monoisotopic (exact) mass is 356 g/mol. The van der Waals surface area contributed by atoms with Crippen LogP contribution in [0, 0.1) is 0 Å². The first-order chi connectivity index (χ1) is 11.3. The first-order valence-electron chi connectivity index (χ1n) is 7.47. The van der Waals surface area contributed by atoms with Crippen molar-refractivity contribution in [3.63, 3.8) is 0 Å². The van der Waals surface area contributed by atoms with E-state index in [-0.39, 0.29) is 0 Å². The van der Waals surface area contributed by atoms with Crippen molar-refractivity contribution < 1.29 is 31.1 Å². The molecule has 0 aromatic heterocycles. The number of ether oxygens (including phenoxy) is 1. The van der Waals surface area contributed by atoms with Gasteiger partial charge in [0.05, 0.1) is 0 Å². The summed E-state index contributed by atoms with van der Waals surface area (Å²) in [7, 11) is 0. The summed E-state index contributed by atoms with van der Waals surface area (Å²) < 4.78 is 80.4. The molecule has 24 heavy (non-hydrogen) atoms. The van der Waals surface area contributed by atoms with Gasteiger partial charge in [0.1, 0.15) is 5.75 Å². The fraction of sp³-hybridized carbons (Fsp3) is 0.600. The summed E-state index contributed by atoms with van der Waals surface area (Å²) in [6, 6.07) is 4.34. The Bertz CT molecular complexity index is 522. The summed E-state index contributed by atoms with van der Waals surface area (Å²) >= 11 is 0. The molecule has 1 aliphatic rings. The molecular formula is C15H18F6N2O. The zero-order chi connectivity index (χ0) is 17.7. The smallest absolute Gasteiger partial charge is 0.428 e. The third-order valence-electron chi connectivity index (χ3n) is 3.74. The molecule has 0 saturated carbocycles. The predicted molar refractivity (Wildman–Crippen MR) is 75.8 cm³/mol. The largest absolute Gasteiger partial charge is 0.461 e. The third kappa shape index (κ3) is 5.01. The van der Waals surface area contributed by atoms with Crippen LogP contribution in [0.3, 0.4) is 0 Å². The number of halogens is 6. The maximum Gasteiger partial charge on any atom is 0.461 e. The number of alkyl halides is 6. The van der Waals surface area contributed by atoms with E-state index in [9.17, 15) is 26.3 Å². The van der Waals surface area contributed by atoms with Crippen LogP contribution in [0.2, 0.25) is 0 Å². The fourth-order valence-corrected chi connectivity index (χ4v) is 2.65. The Morgan fingerprint density at radius 1 is 1.12 bits per heavy atom. The summed E-state index contributed by atoms with van der Waals surface area (Å²) in [4.78, 5) is 1.81. The van der Waals surface area contributed by atoms with Crippen LogP contribution in [0.25, 0.3) is 0 Å². The quantitative estimate of drug-likeness (QED) is 0.757. The van der Waals surface area contributed by atoms with Crippen molar-refractivity contribution >= 4 is 0 Å². The summed E-state index contributed by atoms with van der Waals surface area (Å²) in [5, 5.41) is 3.09. The van der Waals surface area contributed by atoms with Crippen molar-refractivity contribution in [3.05, 3.63) is 29.8 Å². The van der Waals surface area contributed by atoms with Crippen LogP contribution >= 0.6 is 0 Å². The van der Waals surface area contributed by atoms with E-state index >= 15 is 0 Å². The molecule has 1 heterocycles. The van der Waals surface area contributed by atoms with Crippen molar-refractivity contribution in [3.8, 4) is 5.75 Å². The number of nitrogens with zero attached hydrogens (tertiary/aromatic N) is 1. The zero-order valence-electron chi connectivity index (χ0n) is 12.7. The lowest BCUT2D eigenvalue weighted by Gasteiger charge is -2.35. The van der Waals surface area contributed by atoms with Gasteiger partial charge in [-0.05, 0) is 17.7 Å². The Hall–Kier alpha value is -1.48. The van der Waals surface area contributed by atoms with Gasteiger partial charge in [0.15, 0.2) is 0 Å². The third-order valence-corrected chi connectivity index (χ3v) is 3.74. The van der Waals surface area contributed by atoms with E-state index in [0.29, 0.717) is 31.7 Å². The van der Waals surface area contributed by atoms with E-state index in [0.717, 1.165) is 12.1 Å². The molecule has 1 fully saturated rings. The Balaban J connectivity index is 2.21. The molecule has 2 rings (SSSR count). The highest BCUT2D eigenvalue weighted by molar-refractivity contribution is 5.31. The second kappa shape index (κ2) is 8.06. The Morgan fingerprint density at radius 3 is 2.38 bits per heavy atom. The van der Waals surface area contributed by atoms with Crippen molar-refractivity contribution in [2.75, 3.05) is 26.2 Å². The molecule has 1 aromatic carbocycles. The summed E-state index contributed by atoms with van der Waals surface area (Å²) in [5.74, 6) is -0.479. The van der Waals surface area contributed by atoms with Crippen LogP contribution in [0.15, 0.2) is 24.3 Å². The molecule has 0 unspecified atom stereocenters. The molecule has 0 amide bonds. The Kier molecular flexibility index (Phi) is 6.34. The Labute approximate surface area is 135 Å². The SMILES string of the molecule is FC(F)C[C@H](c1cccc(OC(F)(F)C(F)F)c1)N1CCNCC1. The van der Waals surface area contributed by atoms with Gasteiger partial charge < -0.3 is 10.1 Å². The second-order valence-electron chi connectivity index (χ2n) is 5.47. The molecule has 3 nitrogen and oxygen atoms in total. The summed E-state index contributed by atoms with van der Waals surface area (Å²) in [6.45, 7) is 2.30. The van der Waals surface area contributed by atoms with E-state index in [1.54, 1.807) is 0 Å². The highest BCUT2D eigenvalue weighted by Gasteiger charge is 2.44. The lowest BCUT2D eigenvalue weighted by Crippen LogP contribution is -2.45. The van der Waals surface area contributed by atoms with Crippen LogP contribution in [-0.4, -0.2) is 50.0 Å². The fourth-order valence-electron chi connectivity index (χ4n) is 2.65. The number of hydrogen-bond acceptors (Lipinski definition) is 3. The lowest BCUT2D eigenvalue weighted by molar-refractivity contribution is -0.253. The minimum absolute atomic E-state index is 0.333. The van der Waals surface area contributed by atoms with Gasteiger partial charge in [0.25, 0.3) is 0 Å².